The van der Waals surface area contributed by atoms with Gasteiger partial charge >= 0.3 is 0 Å². The zero-order valence-corrected chi connectivity index (χ0v) is 22.7. The SMILES string of the molecule is CCC[C@@H](c1nn[nH]n1)N1C(=O)[C@@H](Cc2ccc(C#N)cc2)O[C@H](c2ccc(Cl)cc2)[C@@H]1c1ccc(Cl)cc1. The van der Waals surface area contributed by atoms with Gasteiger partial charge in [0.1, 0.15) is 12.2 Å². The van der Waals surface area contributed by atoms with Gasteiger partial charge in [-0.15, -0.1) is 10.2 Å². The van der Waals surface area contributed by atoms with Crippen molar-refractivity contribution in [1.29, 1.82) is 5.26 Å². The highest BCUT2D eigenvalue weighted by atomic mass is 35.5. The van der Waals surface area contributed by atoms with Gasteiger partial charge in [0.05, 0.1) is 23.7 Å². The first-order valence-corrected chi connectivity index (χ1v) is 13.4. The Morgan fingerprint density at radius 1 is 1.00 bits per heavy atom. The van der Waals surface area contributed by atoms with E-state index in [1.54, 1.807) is 12.1 Å². The van der Waals surface area contributed by atoms with E-state index in [2.05, 4.69) is 33.6 Å². The Labute approximate surface area is 236 Å². The van der Waals surface area contributed by atoms with E-state index in [1.807, 2.05) is 65.6 Å². The van der Waals surface area contributed by atoms with Crippen LogP contribution in [0.25, 0.3) is 0 Å². The van der Waals surface area contributed by atoms with Crippen LogP contribution in [0.5, 0.6) is 0 Å². The smallest absolute Gasteiger partial charge is 0.253 e. The topological polar surface area (TPSA) is 108 Å². The Kier molecular flexibility index (Phi) is 8.22. The molecule has 198 valence electrons. The first kappa shape index (κ1) is 26.8. The van der Waals surface area contributed by atoms with Gasteiger partial charge in [0, 0.05) is 16.5 Å². The van der Waals surface area contributed by atoms with Gasteiger partial charge in [-0.2, -0.15) is 10.5 Å². The summed E-state index contributed by atoms with van der Waals surface area (Å²) in [6.07, 6.45) is 0.461. The Balaban J connectivity index is 1.64. The quantitative estimate of drug-likeness (QED) is 0.276. The highest BCUT2D eigenvalue weighted by Crippen LogP contribution is 2.47. The van der Waals surface area contributed by atoms with E-state index < -0.39 is 24.3 Å². The summed E-state index contributed by atoms with van der Waals surface area (Å²) >= 11 is 12.5. The molecule has 1 fully saturated rings. The summed E-state index contributed by atoms with van der Waals surface area (Å²) in [6.45, 7) is 2.06. The molecule has 1 amide bonds. The van der Waals surface area contributed by atoms with E-state index in [-0.39, 0.29) is 5.91 Å². The van der Waals surface area contributed by atoms with Gasteiger partial charge in [-0.25, -0.2) is 0 Å². The lowest BCUT2D eigenvalue weighted by Gasteiger charge is -2.47. The normalized spacial score (nSPS) is 20.0. The number of ether oxygens (including phenoxy) is 1. The number of hydrogen-bond acceptors (Lipinski definition) is 6. The number of nitrogens with one attached hydrogen (secondary N) is 1. The molecule has 8 nitrogen and oxygen atoms in total. The minimum atomic E-state index is -0.784. The average molecular weight is 561 g/mol. The monoisotopic (exact) mass is 560 g/mol. The molecular weight excluding hydrogens is 535 g/mol. The van der Waals surface area contributed by atoms with Gasteiger partial charge in [-0.1, -0.05) is 78.2 Å². The number of hydrogen-bond donors (Lipinski definition) is 1. The Morgan fingerprint density at radius 2 is 1.64 bits per heavy atom. The lowest BCUT2D eigenvalue weighted by molar-refractivity contribution is -0.180. The number of carbonyl (C=O) groups is 1. The number of amides is 1. The fourth-order valence-electron chi connectivity index (χ4n) is 5.06. The zero-order chi connectivity index (χ0) is 27.4. The molecule has 0 saturated carbocycles. The second-order valence-electron chi connectivity index (χ2n) is 9.43. The predicted octanol–water partition coefficient (Wildman–Crippen LogP) is 6.17. The van der Waals surface area contributed by atoms with Gasteiger partial charge in [-0.05, 0) is 59.5 Å². The number of H-pyrrole nitrogens is 1. The van der Waals surface area contributed by atoms with Crippen LogP contribution in [0.3, 0.4) is 0 Å². The summed E-state index contributed by atoms with van der Waals surface area (Å²) < 4.78 is 6.66. The number of nitriles is 1. The molecule has 2 heterocycles. The molecule has 1 aliphatic heterocycles. The lowest BCUT2D eigenvalue weighted by atomic mass is 9.88. The molecule has 0 radical (unpaired) electrons. The molecule has 1 N–H and O–H groups in total. The standard InChI is InChI=1S/C29H26Cl2N6O2/c1-2-3-24(28-33-35-36-34-28)37-26(20-8-12-22(30)13-9-20)27(21-10-14-23(31)15-11-21)39-25(29(37)38)16-18-4-6-19(17-32)7-5-18/h4-15,24-27H,2-3,16H2,1H3,(H,33,34,35,36)/t24-,25+,26-,27+/m0/s1. The maximum Gasteiger partial charge on any atom is 0.253 e. The number of aromatic amines is 1. The van der Waals surface area contributed by atoms with E-state index in [4.69, 9.17) is 27.9 Å². The number of carbonyl (C=O) groups excluding carboxylic acids is 1. The number of halogens is 2. The molecule has 1 aliphatic rings. The number of rotatable bonds is 8. The molecule has 0 unspecified atom stereocenters. The fourth-order valence-corrected chi connectivity index (χ4v) is 5.31. The summed E-state index contributed by atoms with van der Waals surface area (Å²) in [6, 6.07) is 23.3. The minimum Gasteiger partial charge on any atom is -0.358 e. The van der Waals surface area contributed by atoms with E-state index in [0.717, 1.165) is 23.1 Å². The van der Waals surface area contributed by atoms with Gasteiger partial charge in [0.15, 0.2) is 5.82 Å². The average Bonchev–Trinajstić information content (AvgIpc) is 3.49. The molecule has 4 atom stereocenters. The number of aromatic nitrogens is 4. The van der Waals surface area contributed by atoms with Crippen molar-refractivity contribution in [2.24, 2.45) is 0 Å². The minimum absolute atomic E-state index is 0.173. The van der Waals surface area contributed by atoms with Gasteiger partial charge in [0.25, 0.3) is 5.91 Å². The molecule has 0 spiro atoms. The second kappa shape index (κ2) is 12.0. The van der Waals surface area contributed by atoms with Gasteiger partial charge in [0.2, 0.25) is 0 Å². The number of nitrogens with zero attached hydrogens (tertiary/aromatic N) is 5. The Bertz CT molecular complexity index is 1440. The van der Waals surface area contributed by atoms with Crippen molar-refractivity contribution >= 4 is 29.1 Å². The third-order valence-electron chi connectivity index (χ3n) is 6.90. The van der Waals surface area contributed by atoms with E-state index in [9.17, 15) is 10.1 Å². The summed E-state index contributed by atoms with van der Waals surface area (Å²) in [5, 5.41) is 25.3. The maximum atomic E-state index is 14.4. The fraction of sp³-hybridized carbons (Fsp3) is 0.276. The van der Waals surface area contributed by atoms with Crippen molar-refractivity contribution < 1.29 is 9.53 Å². The van der Waals surface area contributed by atoms with Crippen LogP contribution >= 0.6 is 23.2 Å². The molecule has 3 aromatic carbocycles. The Hall–Kier alpha value is -3.77. The lowest BCUT2D eigenvalue weighted by Crippen LogP contribution is -2.53. The summed E-state index contributed by atoms with van der Waals surface area (Å²) in [4.78, 5) is 16.2. The van der Waals surface area contributed by atoms with Crippen molar-refractivity contribution in [2.45, 2.75) is 50.5 Å². The van der Waals surface area contributed by atoms with Gasteiger partial charge < -0.3 is 9.64 Å². The first-order chi connectivity index (χ1) is 19.0. The predicted molar refractivity (Wildman–Crippen MR) is 147 cm³/mol. The molecule has 10 heteroatoms. The van der Waals surface area contributed by atoms with E-state index >= 15 is 0 Å². The van der Waals surface area contributed by atoms with Crippen LogP contribution in [0.4, 0.5) is 0 Å². The van der Waals surface area contributed by atoms with Crippen molar-refractivity contribution in [3.05, 3.63) is 111 Å². The Morgan fingerprint density at radius 3 is 2.21 bits per heavy atom. The summed E-state index contributed by atoms with van der Waals surface area (Å²) in [5.74, 6) is 0.269. The first-order valence-electron chi connectivity index (χ1n) is 12.7. The van der Waals surface area contributed by atoms with Crippen LogP contribution in [-0.2, 0) is 16.0 Å². The molecule has 0 bridgehead atoms. The molecule has 5 rings (SSSR count). The zero-order valence-electron chi connectivity index (χ0n) is 21.2. The second-order valence-corrected chi connectivity index (χ2v) is 10.3. The molecule has 1 saturated heterocycles. The highest BCUT2D eigenvalue weighted by Gasteiger charge is 2.47. The van der Waals surface area contributed by atoms with Crippen molar-refractivity contribution in [2.75, 3.05) is 0 Å². The van der Waals surface area contributed by atoms with Crippen molar-refractivity contribution in [3.63, 3.8) is 0 Å². The third-order valence-corrected chi connectivity index (χ3v) is 7.40. The summed E-state index contributed by atoms with van der Waals surface area (Å²) in [7, 11) is 0. The van der Waals surface area contributed by atoms with E-state index in [0.29, 0.717) is 34.3 Å². The van der Waals surface area contributed by atoms with Crippen LogP contribution in [-0.4, -0.2) is 37.5 Å². The molecular formula is C29H26Cl2N6O2. The van der Waals surface area contributed by atoms with Crippen LogP contribution in [0.15, 0.2) is 72.8 Å². The van der Waals surface area contributed by atoms with Crippen LogP contribution in [0.2, 0.25) is 10.0 Å². The summed E-state index contributed by atoms with van der Waals surface area (Å²) in [5.41, 5.74) is 3.19. The van der Waals surface area contributed by atoms with E-state index in [1.165, 1.54) is 0 Å². The van der Waals surface area contributed by atoms with Crippen molar-refractivity contribution in [3.8, 4) is 6.07 Å². The molecule has 4 aromatic rings. The van der Waals surface area contributed by atoms with Crippen LogP contribution in [0, 0.1) is 11.3 Å². The molecule has 39 heavy (non-hydrogen) atoms. The highest BCUT2D eigenvalue weighted by molar-refractivity contribution is 6.30. The number of morpholine rings is 1. The maximum absolute atomic E-state index is 14.4. The van der Waals surface area contributed by atoms with Crippen LogP contribution < -0.4 is 0 Å². The molecule has 0 aliphatic carbocycles. The molecule has 1 aromatic heterocycles. The van der Waals surface area contributed by atoms with Crippen molar-refractivity contribution in [1.82, 2.24) is 25.5 Å². The third kappa shape index (κ3) is 5.81. The number of benzene rings is 3. The largest absolute Gasteiger partial charge is 0.358 e. The van der Waals surface area contributed by atoms with Gasteiger partial charge in [-0.3, -0.25) is 4.79 Å². The number of tetrazole rings is 1. The van der Waals surface area contributed by atoms with Crippen LogP contribution in [0.1, 0.15) is 66.0 Å².